The van der Waals surface area contributed by atoms with Crippen molar-refractivity contribution in [1.29, 1.82) is 0 Å². The van der Waals surface area contributed by atoms with Crippen LogP contribution in [0.25, 0.3) is 22.7 Å². The molecule has 166 valence electrons. The lowest BCUT2D eigenvalue weighted by Gasteiger charge is -2.09. The average Bonchev–Trinajstić information content (AvgIpc) is 3.30. The first-order valence-corrected chi connectivity index (χ1v) is 10.5. The molecule has 3 aromatic carbocycles. The van der Waals surface area contributed by atoms with E-state index in [4.69, 9.17) is 9.15 Å². The summed E-state index contributed by atoms with van der Waals surface area (Å²) in [4.78, 5) is 28.8. The molecule has 7 nitrogen and oxygen atoms in total. The maximum Gasteiger partial charge on any atom is 0.338 e. The number of carbonyl (C=O) groups excluding carboxylic acids is 2. The molecule has 2 amide bonds. The van der Waals surface area contributed by atoms with Gasteiger partial charge in [-0.1, -0.05) is 35.9 Å². The van der Waals surface area contributed by atoms with E-state index in [9.17, 15) is 9.59 Å². The highest BCUT2D eigenvalue weighted by Crippen LogP contribution is 2.26. The van der Waals surface area contributed by atoms with Gasteiger partial charge in [-0.25, -0.2) is 14.6 Å². The zero-order valence-corrected chi connectivity index (χ0v) is 18.3. The third-order valence-electron chi connectivity index (χ3n) is 4.87. The number of nitrogens with zero attached hydrogens (tertiary/aromatic N) is 1. The summed E-state index contributed by atoms with van der Waals surface area (Å²) in [5, 5.41) is 5.47. The number of ether oxygens (including phenoxy) is 1. The lowest BCUT2D eigenvalue weighted by molar-refractivity contribution is 0.0526. The number of nitrogens with one attached hydrogen (secondary N) is 2. The highest BCUT2D eigenvalue weighted by molar-refractivity contribution is 6.00. The van der Waals surface area contributed by atoms with Crippen LogP contribution in [0.3, 0.4) is 0 Å². The Balaban J connectivity index is 1.39. The average molecular weight is 441 g/mol. The fourth-order valence-electron chi connectivity index (χ4n) is 3.19. The summed E-state index contributed by atoms with van der Waals surface area (Å²) in [6, 6.07) is 21.4. The van der Waals surface area contributed by atoms with Gasteiger partial charge < -0.3 is 19.8 Å². The Morgan fingerprint density at radius 2 is 1.61 bits per heavy atom. The predicted octanol–water partition coefficient (Wildman–Crippen LogP) is 6.14. The van der Waals surface area contributed by atoms with Gasteiger partial charge in [0.2, 0.25) is 5.89 Å². The minimum absolute atomic E-state index is 0.285. The van der Waals surface area contributed by atoms with Crippen LogP contribution in [0.1, 0.15) is 22.8 Å². The fourth-order valence-corrected chi connectivity index (χ4v) is 3.19. The fraction of sp³-hybridized carbons (Fsp3) is 0.115. The quantitative estimate of drug-likeness (QED) is 0.351. The molecule has 0 fully saturated rings. The van der Waals surface area contributed by atoms with Crippen molar-refractivity contribution in [3.05, 3.63) is 90.2 Å². The molecule has 0 atom stereocenters. The molecule has 0 aliphatic carbocycles. The summed E-state index contributed by atoms with van der Waals surface area (Å²) in [5.74, 6) is 0.0616. The number of rotatable bonds is 6. The molecular weight excluding hydrogens is 418 g/mol. The molecule has 7 heteroatoms. The van der Waals surface area contributed by atoms with Crippen molar-refractivity contribution >= 4 is 23.4 Å². The maximum atomic E-state index is 12.4. The summed E-state index contributed by atoms with van der Waals surface area (Å²) < 4.78 is 10.6. The van der Waals surface area contributed by atoms with Gasteiger partial charge in [-0.3, -0.25) is 0 Å². The summed E-state index contributed by atoms with van der Waals surface area (Å²) in [5.41, 5.74) is 5.17. The van der Waals surface area contributed by atoms with Crippen molar-refractivity contribution in [3.63, 3.8) is 0 Å². The smallest absolute Gasteiger partial charge is 0.338 e. The molecule has 33 heavy (non-hydrogen) atoms. The molecule has 2 N–H and O–H groups in total. The number of urea groups is 1. The van der Waals surface area contributed by atoms with E-state index in [0.29, 0.717) is 22.8 Å². The van der Waals surface area contributed by atoms with Gasteiger partial charge in [0.25, 0.3) is 0 Å². The lowest BCUT2D eigenvalue weighted by atomic mass is 10.1. The van der Waals surface area contributed by atoms with Gasteiger partial charge in [0.15, 0.2) is 0 Å². The van der Waals surface area contributed by atoms with Crippen LogP contribution < -0.4 is 10.6 Å². The van der Waals surface area contributed by atoms with Crippen LogP contribution in [0.5, 0.6) is 0 Å². The summed E-state index contributed by atoms with van der Waals surface area (Å²) in [6.07, 6.45) is 1.63. The van der Waals surface area contributed by atoms with Crippen molar-refractivity contribution in [2.45, 2.75) is 13.8 Å². The SMILES string of the molecule is CCOC(=O)c1cccc(NC(=O)Nc2ccc(-c3nc(-c4ccc(C)cc4)co3)cc2)c1. The van der Waals surface area contributed by atoms with E-state index < -0.39 is 12.0 Å². The van der Waals surface area contributed by atoms with Crippen LogP contribution in [0.15, 0.2) is 83.5 Å². The molecule has 0 bridgehead atoms. The van der Waals surface area contributed by atoms with Crippen LogP contribution in [-0.2, 0) is 4.74 Å². The van der Waals surface area contributed by atoms with Crippen LogP contribution >= 0.6 is 0 Å². The Labute approximate surface area is 191 Å². The van der Waals surface area contributed by atoms with E-state index in [1.165, 1.54) is 5.56 Å². The van der Waals surface area contributed by atoms with E-state index in [-0.39, 0.29) is 6.61 Å². The monoisotopic (exact) mass is 441 g/mol. The summed E-state index contributed by atoms with van der Waals surface area (Å²) >= 11 is 0. The number of aryl methyl sites for hydroxylation is 1. The molecule has 0 spiro atoms. The van der Waals surface area contributed by atoms with Crippen LogP contribution in [0, 0.1) is 6.92 Å². The molecule has 0 aliphatic rings. The van der Waals surface area contributed by atoms with Crippen molar-refractivity contribution in [2.75, 3.05) is 17.2 Å². The number of hydrogen-bond acceptors (Lipinski definition) is 5. The number of anilines is 2. The lowest BCUT2D eigenvalue weighted by Crippen LogP contribution is -2.19. The van der Waals surface area contributed by atoms with Gasteiger partial charge in [0.05, 0.1) is 12.2 Å². The second kappa shape index (κ2) is 9.82. The molecule has 1 heterocycles. The Bertz CT molecular complexity index is 1260. The molecule has 1 aromatic heterocycles. The van der Waals surface area contributed by atoms with E-state index in [0.717, 1.165) is 16.8 Å². The van der Waals surface area contributed by atoms with Crippen molar-refractivity contribution in [3.8, 4) is 22.7 Å². The first-order chi connectivity index (χ1) is 16.0. The van der Waals surface area contributed by atoms with Crippen molar-refractivity contribution < 1.29 is 18.7 Å². The molecule has 0 radical (unpaired) electrons. The second-order valence-electron chi connectivity index (χ2n) is 7.36. The van der Waals surface area contributed by atoms with Crippen LogP contribution in [0.2, 0.25) is 0 Å². The van der Waals surface area contributed by atoms with Crippen molar-refractivity contribution in [1.82, 2.24) is 4.98 Å². The Hall–Kier alpha value is -4.39. The largest absolute Gasteiger partial charge is 0.462 e. The second-order valence-corrected chi connectivity index (χ2v) is 7.36. The molecule has 0 saturated heterocycles. The number of esters is 1. The first-order valence-electron chi connectivity index (χ1n) is 10.5. The highest BCUT2D eigenvalue weighted by atomic mass is 16.5. The summed E-state index contributed by atoms with van der Waals surface area (Å²) in [6.45, 7) is 4.06. The van der Waals surface area contributed by atoms with Gasteiger partial charge in [-0.05, 0) is 56.3 Å². The molecule has 4 rings (SSSR count). The van der Waals surface area contributed by atoms with Gasteiger partial charge in [0.1, 0.15) is 12.0 Å². The van der Waals surface area contributed by atoms with Gasteiger partial charge in [-0.2, -0.15) is 0 Å². The molecule has 0 saturated carbocycles. The topological polar surface area (TPSA) is 93.5 Å². The molecule has 4 aromatic rings. The number of benzene rings is 3. The van der Waals surface area contributed by atoms with E-state index in [2.05, 4.69) is 15.6 Å². The van der Waals surface area contributed by atoms with E-state index in [1.807, 2.05) is 43.3 Å². The molecule has 0 aliphatic heterocycles. The normalized spacial score (nSPS) is 10.5. The van der Waals surface area contributed by atoms with Crippen LogP contribution in [0.4, 0.5) is 16.2 Å². The summed E-state index contributed by atoms with van der Waals surface area (Å²) in [7, 11) is 0. The Morgan fingerprint density at radius 3 is 2.33 bits per heavy atom. The molecule has 0 unspecified atom stereocenters. The van der Waals surface area contributed by atoms with Gasteiger partial charge >= 0.3 is 12.0 Å². The maximum absolute atomic E-state index is 12.4. The van der Waals surface area contributed by atoms with Gasteiger partial charge in [-0.15, -0.1) is 0 Å². The number of oxazole rings is 1. The number of carbonyl (C=O) groups is 2. The van der Waals surface area contributed by atoms with Crippen molar-refractivity contribution in [2.24, 2.45) is 0 Å². The standard InChI is InChI=1S/C26H23N3O4/c1-3-32-25(30)20-5-4-6-22(15-20)28-26(31)27-21-13-11-19(12-14-21)24-29-23(16-33-24)18-9-7-17(2)8-10-18/h4-16H,3H2,1-2H3,(H2,27,28,31). The zero-order chi connectivity index (χ0) is 23.2. The predicted molar refractivity (Wildman–Crippen MR) is 127 cm³/mol. The highest BCUT2D eigenvalue weighted by Gasteiger charge is 2.11. The van der Waals surface area contributed by atoms with Gasteiger partial charge in [0, 0.05) is 22.5 Å². The number of amides is 2. The minimum atomic E-state index is -0.436. The zero-order valence-electron chi connectivity index (χ0n) is 18.3. The third-order valence-corrected chi connectivity index (χ3v) is 4.87. The third kappa shape index (κ3) is 5.46. The number of hydrogen-bond donors (Lipinski definition) is 2. The Kier molecular flexibility index (Phi) is 6.50. The first kappa shape index (κ1) is 21.8. The minimum Gasteiger partial charge on any atom is -0.462 e. The van der Waals surface area contributed by atoms with E-state index in [1.54, 1.807) is 49.6 Å². The Morgan fingerprint density at radius 1 is 0.909 bits per heavy atom. The van der Waals surface area contributed by atoms with E-state index >= 15 is 0 Å². The van der Waals surface area contributed by atoms with Crippen LogP contribution in [-0.4, -0.2) is 23.6 Å². The molecular formula is C26H23N3O4. The number of aromatic nitrogens is 1.